The van der Waals surface area contributed by atoms with Crippen LogP contribution in [0.2, 0.25) is 4.82 Å². The molecule has 0 saturated heterocycles. The van der Waals surface area contributed by atoms with Crippen molar-refractivity contribution in [3.63, 3.8) is 0 Å². The Hall–Kier alpha value is 1.15. The average Bonchev–Trinajstić information content (AvgIpc) is 2.22. The van der Waals surface area contributed by atoms with Gasteiger partial charge in [-0.3, -0.25) is 0 Å². The van der Waals surface area contributed by atoms with Gasteiger partial charge in [0.25, 0.3) is 0 Å². The predicted octanol–water partition coefficient (Wildman–Crippen LogP) is 4.00. The van der Waals surface area contributed by atoms with Crippen molar-refractivity contribution in [2.24, 2.45) is 0 Å². The van der Waals surface area contributed by atoms with Crippen LogP contribution >= 0.6 is 22.2 Å². The van der Waals surface area contributed by atoms with E-state index in [9.17, 15) is 4.57 Å². The first-order valence-corrected chi connectivity index (χ1v) is 11.5. The molecule has 3 nitrogen and oxygen atoms in total. The van der Waals surface area contributed by atoms with Gasteiger partial charge in [-0.05, 0) is 0 Å². The van der Waals surface area contributed by atoms with Gasteiger partial charge in [-0.1, -0.05) is 0 Å². The molecule has 0 unspecified atom stereocenters. The molecule has 96 valence electrons. The molecule has 0 bridgehead atoms. The molecule has 0 radical (unpaired) electrons. The van der Waals surface area contributed by atoms with Gasteiger partial charge >= 0.3 is 113 Å². The molecule has 0 spiro atoms. The third kappa shape index (κ3) is 4.80. The molecule has 0 aliphatic heterocycles. The maximum absolute atomic E-state index is 12.4. The molecule has 0 N–H and O–H groups in total. The summed E-state index contributed by atoms with van der Waals surface area (Å²) in [5, 5.41) is 0. The van der Waals surface area contributed by atoms with E-state index in [1.807, 2.05) is 13.8 Å². The summed E-state index contributed by atoms with van der Waals surface area (Å²) in [6.45, 7) is 4.68. The third-order valence-electron chi connectivity index (χ3n) is 2.46. The average molecular weight is 378 g/mol. The van der Waals surface area contributed by atoms with E-state index >= 15 is 0 Å². The number of hydrogen-bond donors (Lipinski definition) is 0. The van der Waals surface area contributed by atoms with E-state index in [0.29, 0.717) is 22.9 Å². The molecule has 0 aromatic heterocycles. The van der Waals surface area contributed by atoms with Gasteiger partial charge in [-0.15, -0.1) is 0 Å². The minimum absolute atomic E-state index is 0.0619. The van der Waals surface area contributed by atoms with E-state index in [1.165, 1.54) is 19.3 Å². The summed E-state index contributed by atoms with van der Waals surface area (Å²) < 4.78 is 23.1. The zero-order chi connectivity index (χ0) is 12.0. The molecule has 1 aliphatic carbocycles. The summed E-state index contributed by atoms with van der Waals surface area (Å²) in [4.78, 5) is 0.987. The molecular weight excluding hydrogens is 358 g/mol. The summed E-state index contributed by atoms with van der Waals surface area (Å²) in [7, 11) is 0. The van der Waals surface area contributed by atoms with Crippen molar-refractivity contribution >= 4 is 36.7 Å². The van der Waals surface area contributed by atoms with Crippen LogP contribution < -0.4 is 0 Å². The van der Waals surface area contributed by atoms with Gasteiger partial charge < -0.3 is 0 Å². The summed E-state index contributed by atoms with van der Waals surface area (Å²) in [6.07, 6.45) is 2.06. The van der Waals surface area contributed by atoms with Crippen molar-refractivity contribution in [1.29, 1.82) is 0 Å². The third-order valence-corrected chi connectivity index (χ3v) is 11.9. The number of rotatable bonds is 6. The molecule has 1 fully saturated rings. The Balaban J connectivity index is 2.55. The second-order valence-electron chi connectivity index (χ2n) is 3.73. The first kappa shape index (κ1) is 15.2. The Labute approximate surface area is 112 Å². The van der Waals surface area contributed by atoms with Crippen molar-refractivity contribution in [2.75, 3.05) is 13.2 Å². The molecule has 1 rings (SSSR count). The van der Waals surface area contributed by atoms with Gasteiger partial charge in [0.15, 0.2) is 0 Å². The van der Waals surface area contributed by atoms with Crippen LogP contribution in [0.3, 0.4) is 0 Å². The molecule has 0 aromatic rings. The molecule has 0 amide bonds. The second-order valence-corrected chi connectivity index (χ2v) is 11.9. The summed E-state index contributed by atoms with van der Waals surface area (Å²) >= 11 is 3.63. The number of alkyl halides is 1. The van der Waals surface area contributed by atoms with Gasteiger partial charge in [0, 0.05) is 0 Å². The van der Waals surface area contributed by atoms with Crippen LogP contribution in [0, 0.1) is 0 Å². The first-order valence-electron chi connectivity index (χ1n) is 5.83. The molecule has 16 heavy (non-hydrogen) atoms. The fourth-order valence-corrected chi connectivity index (χ4v) is 11.6. The number of halogens is 1. The fourth-order valence-electron chi connectivity index (χ4n) is 1.75. The first-order chi connectivity index (χ1) is 7.61. The summed E-state index contributed by atoms with van der Waals surface area (Å²) in [6, 6.07) is 0. The van der Waals surface area contributed by atoms with E-state index in [1.54, 1.807) is 0 Å². The SMILES string of the molecule is CCOP(=O)(OCC)[Se][C@@H]1CCCC[C@H]1Br. The summed E-state index contributed by atoms with van der Waals surface area (Å²) in [5.74, 6) is 0. The minimum atomic E-state index is -2.79. The van der Waals surface area contributed by atoms with Crippen molar-refractivity contribution in [2.45, 2.75) is 49.2 Å². The van der Waals surface area contributed by atoms with Gasteiger partial charge in [0.1, 0.15) is 0 Å². The molecule has 1 aliphatic rings. The van der Waals surface area contributed by atoms with E-state index in [0.717, 1.165) is 6.42 Å². The Bertz CT molecular complexity index is 242. The van der Waals surface area contributed by atoms with Crippen LogP contribution in [-0.4, -0.2) is 32.6 Å². The molecule has 0 aromatic carbocycles. The Morgan fingerprint density at radius 1 is 1.25 bits per heavy atom. The number of hydrogen-bond acceptors (Lipinski definition) is 3. The van der Waals surface area contributed by atoms with Crippen LogP contribution in [0.25, 0.3) is 0 Å². The standard InChI is InChI=1S/C10H20BrO3PSe/c1-3-13-15(12,14-4-2)16-10-8-6-5-7-9(10)11/h9-10H,3-8H2,1-2H3/t9-,10-/m1/s1. The zero-order valence-electron chi connectivity index (χ0n) is 9.86. The van der Waals surface area contributed by atoms with Gasteiger partial charge in [-0.25, -0.2) is 0 Å². The molecule has 6 heteroatoms. The Morgan fingerprint density at radius 3 is 2.31 bits per heavy atom. The Morgan fingerprint density at radius 2 is 1.81 bits per heavy atom. The van der Waals surface area contributed by atoms with Crippen LogP contribution in [0.5, 0.6) is 0 Å². The van der Waals surface area contributed by atoms with Crippen molar-refractivity contribution in [3.05, 3.63) is 0 Å². The molecule has 0 heterocycles. The van der Waals surface area contributed by atoms with Gasteiger partial charge in [0.2, 0.25) is 0 Å². The van der Waals surface area contributed by atoms with Gasteiger partial charge in [0.05, 0.1) is 0 Å². The molecule has 1 saturated carbocycles. The normalized spacial score (nSPS) is 26.9. The van der Waals surface area contributed by atoms with Crippen molar-refractivity contribution < 1.29 is 13.6 Å². The van der Waals surface area contributed by atoms with Crippen molar-refractivity contribution in [1.82, 2.24) is 0 Å². The fraction of sp³-hybridized carbons (Fsp3) is 1.00. The van der Waals surface area contributed by atoms with E-state index in [2.05, 4.69) is 15.9 Å². The van der Waals surface area contributed by atoms with Crippen LogP contribution in [-0.2, 0) is 13.6 Å². The maximum atomic E-state index is 12.4. The topological polar surface area (TPSA) is 35.5 Å². The van der Waals surface area contributed by atoms with Gasteiger partial charge in [-0.2, -0.15) is 0 Å². The molecule has 2 atom stereocenters. The summed E-state index contributed by atoms with van der Waals surface area (Å²) in [5.41, 5.74) is 0. The quantitative estimate of drug-likeness (QED) is 0.398. The van der Waals surface area contributed by atoms with Crippen LogP contribution in [0.15, 0.2) is 0 Å². The van der Waals surface area contributed by atoms with E-state index in [4.69, 9.17) is 9.05 Å². The van der Waals surface area contributed by atoms with Crippen molar-refractivity contribution in [3.8, 4) is 0 Å². The monoisotopic (exact) mass is 378 g/mol. The predicted molar refractivity (Wildman–Crippen MR) is 71.5 cm³/mol. The van der Waals surface area contributed by atoms with E-state index < -0.39 is 6.29 Å². The van der Waals surface area contributed by atoms with E-state index in [-0.39, 0.29) is 14.5 Å². The zero-order valence-corrected chi connectivity index (χ0v) is 14.0. The van der Waals surface area contributed by atoms with Crippen LogP contribution in [0.1, 0.15) is 39.5 Å². The second kappa shape index (κ2) is 7.55. The van der Waals surface area contributed by atoms with Crippen LogP contribution in [0.4, 0.5) is 0 Å². The molecular formula is C10H20BrO3PSe. The Kier molecular flexibility index (Phi) is 7.18.